The SMILES string of the molecule is C[C@H](C(=O)NC(C)(C)C)N(Cc1ccccc1F)C(=O)CSc1ccc(Cl)cc1. The molecule has 1 N–H and O–H groups in total. The summed E-state index contributed by atoms with van der Waals surface area (Å²) in [7, 11) is 0. The molecule has 0 saturated carbocycles. The van der Waals surface area contributed by atoms with Gasteiger partial charge in [-0.2, -0.15) is 0 Å². The summed E-state index contributed by atoms with van der Waals surface area (Å²) in [5, 5.41) is 3.51. The Morgan fingerprint density at radius 2 is 1.76 bits per heavy atom. The zero-order valence-corrected chi connectivity index (χ0v) is 18.6. The number of carbonyl (C=O) groups excluding carboxylic acids is 2. The van der Waals surface area contributed by atoms with E-state index in [0.717, 1.165) is 4.90 Å². The van der Waals surface area contributed by atoms with Gasteiger partial charge in [-0.05, 0) is 58.0 Å². The summed E-state index contributed by atoms with van der Waals surface area (Å²) >= 11 is 7.24. The van der Waals surface area contributed by atoms with Gasteiger partial charge >= 0.3 is 0 Å². The quantitative estimate of drug-likeness (QED) is 0.628. The Kier molecular flexibility index (Phi) is 8.11. The Hall–Kier alpha value is -2.05. The lowest BCUT2D eigenvalue weighted by Gasteiger charge is -2.31. The largest absolute Gasteiger partial charge is 0.350 e. The zero-order valence-electron chi connectivity index (χ0n) is 17.0. The first-order valence-electron chi connectivity index (χ1n) is 9.30. The molecule has 0 bridgehead atoms. The lowest BCUT2D eigenvalue weighted by Crippen LogP contribution is -2.52. The van der Waals surface area contributed by atoms with Crippen molar-refractivity contribution in [1.82, 2.24) is 10.2 Å². The van der Waals surface area contributed by atoms with Crippen molar-refractivity contribution in [3.05, 3.63) is 64.9 Å². The Morgan fingerprint density at radius 1 is 1.14 bits per heavy atom. The van der Waals surface area contributed by atoms with Crippen LogP contribution in [0.4, 0.5) is 4.39 Å². The summed E-state index contributed by atoms with van der Waals surface area (Å²) in [5.41, 5.74) is -0.0661. The minimum atomic E-state index is -0.743. The predicted octanol–water partition coefficient (Wildman–Crippen LogP) is 4.90. The van der Waals surface area contributed by atoms with Gasteiger partial charge in [0.2, 0.25) is 11.8 Å². The van der Waals surface area contributed by atoms with Gasteiger partial charge in [-0.25, -0.2) is 4.39 Å². The maximum absolute atomic E-state index is 14.2. The normalized spacial score (nSPS) is 12.3. The third-order valence-electron chi connectivity index (χ3n) is 4.14. The number of hydrogen-bond donors (Lipinski definition) is 1. The lowest BCUT2D eigenvalue weighted by molar-refractivity contribution is -0.139. The van der Waals surface area contributed by atoms with Crippen LogP contribution < -0.4 is 5.32 Å². The topological polar surface area (TPSA) is 49.4 Å². The van der Waals surface area contributed by atoms with Gasteiger partial charge in [-0.3, -0.25) is 9.59 Å². The third-order valence-corrected chi connectivity index (χ3v) is 5.39. The number of hydrogen-bond acceptors (Lipinski definition) is 3. The van der Waals surface area contributed by atoms with Gasteiger partial charge in [0.25, 0.3) is 0 Å². The average Bonchev–Trinajstić information content (AvgIpc) is 2.65. The van der Waals surface area contributed by atoms with Crippen LogP contribution in [0.2, 0.25) is 5.02 Å². The molecule has 4 nitrogen and oxygen atoms in total. The molecule has 0 saturated heterocycles. The molecule has 2 amide bonds. The monoisotopic (exact) mass is 436 g/mol. The van der Waals surface area contributed by atoms with Gasteiger partial charge in [-0.15, -0.1) is 11.8 Å². The van der Waals surface area contributed by atoms with Gasteiger partial charge in [0.1, 0.15) is 11.9 Å². The third kappa shape index (κ3) is 7.37. The highest BCUT2D eigenvalue weighted by molar-refractivity contribution is 8.00. The standard InChI is InChI=1S/C22H26ClFN2O2S/c1-15(21(28)25-22(2,3)4)26(13-16-7-5-6-8-19(16)24)20(27)14-29-18-11-9-17(23)10-12-18/h5-12,15H,13-14H2,1-4H3,(H,25,28)/t15-/m1/s1. The number of nitrogens with zero attached hydrogens (tertiary/aromatic N) is 1. The molecular weight excluding hydrogens is 411 g/mol. The summed E-state index contributed by atoms with van der Waals surface area (Å²) < 4.78 is 14.2. The van der Waals surface area contributed by atoms with E-state index >= 15 is 0 Å². The van der Waals surface area contributed by atoms with E-state index in [4.69, 9.17) is 11.6 Å². The molecule has 1 atom stereocenters. The summed E-state index contributed by atoms with van der Waals surface area (Å²) in [5.74, 6) is -0.800. The summed E-state index contributed by atoms with van der Waals surface area (Å²) in [4.78, 5) is 28.0. The molecule has 0 aliphatic rings. The van der Waals surface area contributed by atoms with Gasteiger partial charge < -0.3 is 10.2 Å². The summed E-state index contributed by atoms with van der Waals surface area (Å²) in [6.07, 6.45) is 0. The molecule has 7 heteroatoms. The van der Waals surface area contributed by atoms with Crippen LogP contribution in [0.3, 0.4) is 0 Å². The molecule has 2 rings (SSSR count). The van der Waals surface area contributed by atoms with Crippen molar-refractivity contribution < 1.29 is 14.0 Å². The molecule has 0 spiro atoms. The number of rotatable bonds is 7. The van der Waals surface area contributed by atoms with E-state index in [1.54, 1.807) is 37.3 Å². The highest BCUT2D eigenvalue weighted by Gasteiger charge is 2.28. The zero-order chi connectivity index (χ0) is 21.6. The first kappa shape index (κ1) is 23.2. The molecule has 0 radical (unpaired) electrons. The van der Waals surface area contributed by atoms with Crippen molar-refractivity contribution in [1.29, 1.82) is 0 Å². The molecule has 29 heavy (non-hydrogen) atoms. The predicted molar refractivity (Wildman–Crippen MR) is 116 cm³/mol. The Bertz CT molecular complexity index is 853. The van der Waals surface area contributed by atoms with Crippen molar-refractivity contribution in [2.75, 3.05) is 5.75 Å². The Labute approximate surface area is 180 Å². The van der Waals surface area contributed by atoms with Crippen molar-refractivity contribution in [3.63, 3.8) is 0 Å². The van der Waals surface area contributed by atoms with E-state index in [1.807, 2.05) is 32.9 Å². The van der Waals surface area contributed by atoms with Crippen molar-refractivity contribution >= 4 is 35.2 Å². The smallest absolute Gasteiger partial charge is 0.242 e. The maximum Gasteiger partial charge on any atom is 0.242 e. The van der Waals surface area contributed by atoms with E-state index in [1.165, 1.54) is 22.7 Å². The second kappa shape index (κ2) is 10.1. The molecule has 0 aliphatic carbocycles. The molecule has 0 fully saturated rings. The van der Waals surface area contributed by atoms with Crippen LogP contribution in [0.1, 0.15) is 33.3 Å². The fraction of sp³-hybridized carbons (Fsp3) is 0.364. The summed E-state index contributed by atoms with van der Waals surface area (Å²) in [6.45, 7) is 7.29. The molecule has 0 aromatic heterocycles. The number of amides is 2. The van der Waals surface area contributed by atoms with E-state index in [9.17, 15) is 14.0 Å². The van der Waals surface area contributed by atoms with Crippen LogP contribution >= 0.6 is 23.4 Å². The Morgan fingerprint density at radius 3 is 2.34 bits per heavy atom. The number of halogens is 2. The lowest BCUT2D eigenvalue weighted by atomic mass is 10.1. The van der Waals surface area contributed by atoms with Crippen molar-refractivity contribution in [2.45, 2.75) is 50.7 Å². The highest BCUT2D eigenvalue weighted by atomic mass is 35.5. The van der Waals surface area contributed by atoms with Crippen LogP contribution in [-0.2, 0) is 16.1 Å². The van der Waals surface area contributed by atoms with Gasteiger partial charge in [0, 0.05) is 27.6 Å². The van der Waals surface area contributed by atoms with Gasteiger partial charge in [-0.1, -0.05) is 29.8 Å². The Balaban J connectivity index is 2.18. The highest BCUT2D eigenvalue weighted by Crippen LogP contribution is 2.22. The van der Waals surface area contributed by atoms with E-state index in [2.05, 4.69) is 5.32 Å². The number of benzene rings is 2. The molecule has 0 unspecified atom stereocenters. The fourth-order valence-corrected chi connectivity index (χ4v) is 3.54. The van der Waals surface area contributed by atoms with Crippen LogP contribution in [0.25, 0.3) is 0 Å². The molecule has 156 valence electrons. The maximum atomic E-state index is 14.2. The van der Waals surface area contributed by atoms with Crippen LogP contribution in [0.15, 0.2) is 53.4 Å². The number of carbonyl (C=O) groups is 2. The van der Waals surface area contributed by atoms with Crippen LogP contribution in [-0.4, -0.2) is 34.0 Å². The van der Waals surface area contributed by atoms with E-state index in [-0.39, 0.29) is 24.1 Å². The summed E-state index contributed by atoms with van der Waals surface area (Å²) in [6, 6.07) is 12.7. The van der Waals surface area contributed by atoms with Crippen molar-refractivity contribution in [2.24, 2.45) is 0 Å². The molecule has 2 aromatic carbocycles. The minimum absolute atomic E-state index is 0.0193. The van der Waals surface area contributed by atoms with Crippen LogP contribution in [0, 0.1) is 5.82 Å². The first-order chi connectivity index (χ1) is 13.6. The van der Waals surface area contributed by atoms with E-state index < -0.39 is 17.4 Å². The number of thioether (sulfide) groups is 1. The first-order valence-corrected chi connectivity index (χ1v) is 10.7. The van der Waals surface area contributed by atoms with Gasteiger partial charge in [0.15, 0.2) is 0 Å². The average molecular weight is 437 g/mol. The number of nitrogens with one attached hydrogen (secondary N) is 1. The second-order valence-electron chi connectivity index (χ2n) is 7.77. The van der Waals surface area contributed by atoms with E-state index in [0.29, 0.717) is 10.6 Å². The second-order valence-corrected chi connectivity index (χ2v) is 9.26. The van der Waals surface area contributed by atoms with Gasteiger partial charge in [0.05, 0.1) is 5.75 Å². The minimum Gasteiger partial charge on any atom is -0.350 e. The molecular formula is C22H26ClFN2O2S. The molecule has 2 aromatic rings. The van der Waals surface area contributed by atoms with Crippen LogP contribution in [0.5, 0.6) is 0 Å². The molecule has 0 aliphatic heterocycles. The molecule has 0 heterocycles. The van der Waals surface area contributed by atoms with Crippen molar-refractivity contribution in [3.8, 4) is 0 Å². The fourth-order valence-electron chi connectivity index (χ4n) is 2.63.